The number of ether oxygens (including phenoxy) is 1. The van der Waals surface area contributed by atoms with E-state index < -0.39 is 11.6 Å². The molecule has 0 spiro atoms. The van der Waals surface area contributed by atoms with Gasteiger partial charge in [-0.25, -0.2) is 8.78 Å². The second-order valence-electron chi connectivity index (χ2n) is 5.26. The first-order valence-corrected chi connectivity index (χ1v) is 6.72. The number of nitrogens with zero attached hydrogens (tertiary/aromatic N) is 2. The summed E-state index contributed by atoms with van der Waals surface area (Å²) >= 11 is 0. The van der Waals surface area contributed by atoms with Gasteiger partial charge in [0.1, 0.15) is 6.61 Å². The van der Waals surface area contributed by atoms with Crippen LogP contribution >= 0.6 is 0 Å². The van der Waals surface area contributed by atoms with Gasteiger partial charge >= 0.3 is 0 Å². The molecule has 2 N–H and O–H groups in total. The number of aromatic nitrogens is 2. The summed E-state index contributed by atoms with van der Waals surface area (Å²) in [4.78, 5) is 0. The van der Waals surface area contributed by atoms with Crippen molar-refractivity contribution in [3.8, 4) is 5.75 Å². The van der Waals surface area contributed by atoms with Crippen molar-refractivity contribution in [1.29, 1.82) is 0 Å². The van der Waals surface area contributed by atoms with Crippen LogP contribution in [0.15, 0.2) is 18.2 Å². The number of benzene rings is 1. The topological polar surface area (TPSA) is 53.1 Å². The highest BCUT2D eigenvalue weighted by Gasteiger charge is 2.14. The number of aryl methyl sites for hydroxylation is 2. The van der Waals surface area contributed by atoms with Gasteiger partial charge in [0.25, 0.3) is 0 Å². The summed E-state index contributed by atoms with van der Waals surface area (Å²) in [5.41, 5.74) is 7.71. The zero-order valence-electron chi connectivity index (χ0n) is 12.4. The highest BCUT2D eigenvalue weighted by Crippen LogP contribution is 2.25. The lowest BCUT2D eigenvalue weighted by molar-refractivity contribution is 0.265. The highest BCUT2D eigenvalue weighted by atomic mass is 19.1. The minimum Gasteiger partial charge on any atom is -0.481 e. The van der Waals surface area contributed by atoms with Crippen molar-refractivity contribution in [2.45, 2.75) is 32.9 Å². The zero-order valence-corrected chi connectivity index (χ0v) is 12.4. The lowest BCUT2D eigenvalue weighted by Gasteiger charge is -2.11. The number of rotatable bonds is 5. The number of halogens is 2. The SMILES string of the molecule is Cc1cc(COc2c(F)cc(CC(C)N)cc2F)n(C)n1. The molecule has 1 atom stereocenters. The monoisotopic (exact) mass is 295 g/mol. The fraction of sp³-hybridized carbons (Fsp3) is 0.400. The Kier molecular flexibility index (Phi) is 4.57. The average molecular weight is 295 g/mol. The molecule has 0 bridgehead atoms. The molecule has 0 aliphatic carbocycles. The molecule has 114 valence electrons. The van der Waals surface area contributed by atoms with Crippen LogP contribution in [0.25, 0.3) is 0 Å². The quantitative estimate of drug-likeness (QED) is 0.922. The van der Waals surface area contributed by atoms with Gasteiger partial charge in [-0.1, -0.05) is 0 Å². The Bertz CT molecular complexity index is 615. The molecule has 0 saturated carbocycles. The average Bonchev–Trinajstić information content (AvgIpc) is 2.66. The van der Waals surface area contributed by atoms with Crippen molar-refractivity contribution in [3.63, 3.8) is 0 Å². The second-order valence-corrected chi connectivity index (χ2v) is 5.26. The third-order valence-electron chi connectivity index (χ3n) is 3.08. The molecule has 1 aromatic heterocycles. The normalized spacial score (nSPS) is 12.5. The van der Waals surface area contributed by atoms with E-state index in [2.05, 4.69) is 5.10 Å². The summed E-state index contributed by atoms with van der Waals surface area (Å²) in [5, 5.41) is 4.15. The van der Waals surface area contributed by atoms with Crippen LogP contribution in [0.3, 0.4) is 0 Å². The van der Waals surface area contributed by atoms with E-state index in [1.54, 1.807) is 24.7 Å². The third-order valence-corrected chi connectivity index (χ3v) is 3.08. The van der Waals surface area contributed by atoms with E-state index in [1.165, 1.54) is 12.1 Å². The van der Waals surface area contributed by atoms with Crippen LogP contribution in [0.4, 0.5) is 8.78 Å². The summed E-state index contributed by atoms with van der Waals surface area (Å²) in [6, 6.07) is 4.17. The van der Waals surface area contributed by atoms with Gasteiger partial charge in [0, 0.05) is 13.1 Å². The smallest absolute Gasteiger partial charge is 0.191 e. The van der Waals surface area contributed by atoms with Crippen molar-refractivity contribution in [3.05, 3.63) is 46.8 Å². The van der Waals surface area contributed by atoms with Crippen LogP contribution in [0, 0.1) is 18.6 Å². The van der Waals surface area contributed by atoms with Gasteiger partial charge in [0.2, 0.25) is 0 Å². The molecule has 0 fully saturated rings. The molecule has 0 amide bonds. The van der Waals surface area contributed by atoms with Gasteiger partial charge in [-0.3, -0.25) is 4.68 Å². The van der Waals surface area contributed by atoms with Gasteiger partial charge in [-0.2, -0.15) is 5.10 Å². The largest absolute Gasteiger partial charge is 0.481 e. The maximum absolute atomic E-state index is 13.9. The van der Waals surface area contributed by atoms with Crippen LogP contribution in [0.2, 0.25) is 0 Å². The minimum absolute atomic E-state index is 0.0534. The molecule has 0 aliphatic heterocycles. The predicted molar refractivity (Wildman–Crippen MR) is 76.0 cm³/mol. The molecule has 4 nitrogen and oxygen atoms in total. The van der Waals surface area contributed by atoms with Crippen molar-refractivity contribution in [1.82, 2.24) is 9.78 Å². The molecule has 0 saturated heterocycles. The van der Waals surface area contributed by atoms with Crippen molar-refractivity contribution in [2.24, 2.45) is 12.8 Å². The maximum atomic E-state index is 13.9. The van der Waals surface area contributed by atoms with Crippen LogP contribution < -0.4 is 10.5 Å². The number of hydrogen-bond donors (Lipinski definition) is 1. The molecule has 2 rings (SSSR count). The minimum atomic E-state index is -0.718. The maximum Gasteiger partial charge on any atom is 0.191 e. The zero-order chi connectivity index (χ0) is 15.6. The predicted octanol–water partition coefficient (Wildman–Crippen LogP) is 2.48. The Morgan fingerprint density at radius 1 is 1.29 bits per heavy atom. The van der Waals surface area contributed by atoms with Crippen LogP contribution in [0.5, 0.6) is 5.75 Å². The van der Waals surface area contributed by atoms with Gasteiger partial charge in [-0.15, -0.1) is 0 Å². The van der Waals surface area contributed by atoms with Gasteiger partial charge in [-0.05, 0) is 44.0 Å². The molecular formula is C15H19F2N3O. The first-order valence-electron chi connectivity index (χ1n) is 6.72. The summed E-state index contributed by atoms with van der Waals surface area (Å²) < 4.78 is 34.8. The Morgan fingerprint density at radius 2 is 1.90 bits per heavy atom. The molecule has 2 aromatic rings. The van der Waals surface area contributed by atoms with Gasteiger partial charge in [0.15, 0.2) is 17.4 Å². The first kappa shape index (κ1) is 15.4. The second kappa shape index (κ2) is 6.22. The number of hydrogen-bond acceptors (Lipinski definition) is 3. The standard InChI is InChI=1S/C15H19F2N3O/c1-9(18)4-11-6-13(16)15(14(17)7-11)21-8-12-5-10(2)19-20(12)3/h5-7,9H,4,8,18H2,1-3H3. The van der Waals surface area contributed by atoms with Crippen LogP contribution in [-0.4, -0.2) is 15.8 Å². The Morgan fingerprint density at radius 3 is 2.38 bits per heavy atom. The fourth-order valence-corrected chi connectivity index (χ4v) is 2.19. The van der Waals surface area contributed by atoms with E-state index in [0.29, 0.717) is 12.0 Å². The van der Waals surface area contributed by atoms with E-state index in [9.17, 15) is 8.78 Å². The molecule has 1 heterocycles. The fourth-order valence-electron chi connectivity index (χ4n) is 2.19. The summed E-state index contributed by atoms with van der Waals surface area (Å²) in [5.74, 6) is -1.81. The van der Waals surface area contributed by atoms with Gasteiger partial charge < -0.3 is 10.5 Å². The molecular weight excluding hydrogens is 276 g/mol. The molecule has 1 unspecified atom stereocenters. The van der Waals surface area contributed by atoms with E-state index in [4.69, 9.17) is 10.5 Å². The number of nitrogens with two attached hydrogens (primary N) is 1. The molecule has 1 aromatic carbocycles. The Labute approximate surface area is 122 Å². The van der Waals surface area contributed by atoms with E-state index in [-0.39, 0.29) is 18.4 Å². The van der Waals surface area contributed by atoms with Crippen LogP contribution in [0.1, 0.15) is 23.9 Å². The lowest BCUT2D eigenvalue weighted by Crippen LogP contribution is -2.18. The Hall–Kier alpha value is -1.95. The van der Waals surface area contributed by atoms with Crippen molar-refractivity contribution < 1.29 is 13.5 Å². The molecule has 21 heavy (non-hydrogen) atoms. The summed E-state index contributed by atoms with van der Waals surface area (Å²) in [7, 11) is 1.75. The first-order chi connectivity index (χ1) is 9.86. The van der Waals surface area contributed by atoms with E-state index in [0.717, 1.165) is 11.4 Å². The van der Waals surface area contributed by atoms with Crippen molar-refractivity contribution >= 4 is 0 Å². The lowest BCUT2D eigenvalue weighted by atomic mass is 10.1. The van der Waals surface area contributed by atoms with Gasteiger partial charge in [0.05, 0.1) is 11.4 Å². The van der Waals surface area contributed by atoms with E-state index in [1.807, 2.05) is 6.92 Å². The molecule has 0 aliphatic rings. The summed E-state index contributed by atoms with van der Waals surface area (Å²) in [6.45, 7) is 3.68. The van der Waals surface area contributed by atoms with Crippen LogP contribution in [-0.2, 0) is 20.1 Å². The molecule has 0 radical (unpaired) electrons. The molecule has 6 heteroatoms. The van der Waals surface area contributed by atoms with Crippen molar-refractivity contribution in [2.75, 3.05) is 0 Å². The van der Waals surface area contributed by atoms with E-state index >= 15 is 0 Å². The Balaban J connectivity index is 2.15. The summed E-state index contributed by atoms with van der Waals surface area (Å²) in [6.07, 6.45) is 0.412. The third kappa shape index (κ3) is 3.78. The highest BCUT2D eigenvalue weighted by molar-refractivity contribution is 5.32.